The molecule has 0 radical (unpaired) electrons. The Labute approximate surface area is 149 Å². The number of rotatable bonds is 8. The van der Waals surface area contributed by atoms with Crippen molar-refractivity contribution in [1.29, 1.82) is 0 Å². The van der Waals surface area contributed by atoms with E-state index in [0.717, 1.165) is 24.8 Å². The number of benzene rings is 2. The molecule has 26 heavy (non-hydrogen) atoms. The van der Waals surface area contributed by atoms with E-state index in [1.807, 2.05) is 13.8 Å². The summed E-state index contributed by atoms with van der Waals surface area (Å²) in [6.45, 7) is 3.83. The van der Waals surface area contributed by atoms with E-state index in [1.165, 1.54) is 0 Å². The minimum Gasteiger partial charge on any atom is -0.487 e. The molecule has 0 saturated carbocycles. The molecule has 0 spiro atoms. The molecule has 0 N–H and O–H groups in total. The lowest BCUT2D eigenvalue weighted by atomic mass is 10.2. The van der Waals surface area contributed by atoms with Crippen molar-refractivity contribution in [1.82, 2.24) is 0 Å². The second-order valence-electron chi connectivity index (χ2n) is 5.88. The van der Waals surface area contributed by atoms with E-state index in [4.69, 9.17) is 4.74 Å². The monoisotopic (exact) mass is 368 g/mol. The molecular formula is C19H20F4N2O. The minimum absolute atomic E-state index is 0.0308. The summed E-state index contributed by atoms with van der Waals surface area (Å²) in [7, 11) is 0. The summed E-state index contributed by atoms with van der Waals surface area (Å²) in [5, 5.41) is 6.95. The van der Waals surface area contributed by atoms with E-state index >= 15 is 0 Å². The third kappa shape index (κ3) is 4.80. The fourth-order valence-corrected chi connectivity index (χ4v) is 2.24. The molecule has 7 heteroatoms. The lowest BCUT2D eigenvalue weighted by Gasteiger charge is -2.10. The molecule has 0 amide bonds. The Morgan fingerprint density at radius 2 is 1.42 bits per heavy atom. The Morgan fingerprint density at radius 3 is 2.00 bits per heavy atom. The molecule has 0 fully saturated rings. The molecular weight excluding hydrogens is 348 g/mol. The highest BCUT2D eigenvalue weighted by Crippen LogP contribution is 2.35. The Kier molecular flexibility index (Phi) is 7.12. The van der Waals surface area contributed by atoms with Crippen LogP contribution in [-0.2, 0) is 0 Å². The first-order valence-electron chi connectivity index (χ1n) is 8.42. The van der Waals surface area contributed by atoms with E-state index in [2.05, 4.69) is 10.2 Å². The quantitative estimate of drug-likeness (QED) is 0.215. The van der Waals surface area contributed by atoms with Gasteiger partial charge in [-0.1, -0.05) is 43.9 Å². The predicted molar refractivity (Wildman–Crippen MR) is 91.3 cm³/mol. The van der Waals surface area contributed by atoms with Crippen LogP contribution in [0.2, 0.25) is 0 Å². The van der Waals surface area contributed by atoms with Crippen LogP contribution in [-0.4, -0.2) is 6.61 Å². The smallest absolute Gasteiger partial charge is 0.206 e. The van der Waals surface area contributed by atoms with Gasteiger partial charge in [0.15, 0.2) is 23.1 Å². The lowest BCUT2D eigenvalue weighted by Crippen LogP contribution is -2.05. The first-order valence-corrected chi connectivity index (χ1v) is 8.42. The zero-order valence-corrected chi connectivity index (χ0v) is 14.7. The third-order valence-electron chi connectivity index (χ3n) is 3.74. The number of hydrogen-bond acceptors (Lipinski definition) is 3. The molecule has 0 bridgehead atoms. The predicted octanol–water partition coefficient (Wildman–Crippen LogP) is 6.93. The van der Waals surface area contributed by atoms with Crippen molar-refractivity contribution in [2.45, 2.75) is 39.5 Å². The average Bonchev–Trinajstić information content (AvgIpc) is 2.64. The van der Waals surface area contributed by atoms with Crippen molar-refractivity contribution in [2.24, 2.45) is 10.2 Å². The Morgan fingerprint density at radius 1 is 0.808 bits per heavy atom. The Balaban J connectivity index is 2.22. The molecule has 0 saturated heterocycles. The number of ether oxygens (including phenoxy) is 1. The van der Waals surface area contributed by atoms with Gasteiger partial charge in [0.2, 0.25) is 11.6 Å². The first-order chi connectivity index (χ1) is 12.5. The van der Waals surface area contributed by atoms with E-state index in [0.29, 0.717) is 12.1 Å². The maximum atomic E-state index is 14.1. The van der Waals surface area contributed by atoms with Gasteiger partial charge in [0.1, 0.15) is 0 Å². The fourth-order valence-electron chi connectivity index (χ4n) is 2.24. The zero-order chi connectivity index (χ0) is 19.1. The fraction of sp³-hybridized carbons (Fsp3) is 0.368. The van der Waals surface area contributed by atoms with Crippen LogP contribution in [0, 0.1) is 30.2 Å². The molecule has 0 aliphatic heterocycles. The highest BCUT2D eigenvalue weighted by atomic mass is 19.2. The summed E-state index contributed by atoms with van der Waals surface area (Å²) in [6.07, 6.45) is 3.25. The van der Waals surface area contributed by atoms with Crippen LogP contribution in [0.3, 0.4) is 0 Å². The summed E-state index contributed by atoms with van der Waals surface area (Å²) in [5.41, 5.74) is 0.129. The maximum Gasteiger partial charge on any atom is 0.206 e. The number of azo groups is 1. The van der Waals surface area contributed by atoms with Crippen LogP contribution in [0.4, 0.5) is 28.9 Å². The molecule has 0 aromatic heterocycles. The van der Waals surface area contributed by atoms with Crippen molar-refractivity contribution >= 4 is 11.4 Å². The van der Waals surface area contributed by atoms with Crippen LogP contribution >= 0.6 is 0 Å². The van der Waals surface area contributed by atoms with Gasteiger partial charge in [0, 0.05) is 0 Å². The molecule has 0 aliphatic carbocycles. The second kappa shape index (κ2) is 9.31. The first kappa shape index (κ1) is 19.9. The molecule has 2 aromatic rings. The third-order valence-corrected chi connectivity index (χ3v) is 3.74. The van der Waals surface area contributed by atoms with Gasteiger partial charge in [0.05, 0.1) is 12.3 Å². The Bertz CT molecular complexity index is 747. The summed E-state index contributed by atoms with van der Waals surface area (Å²) >= 11 is 0. The molecule has 140 valence electrons. The van der Waals surface area contributed by atoms with Crippen molar-refractivity contribution < 1.29 is 22.3 Å². The van der Waals surface area contributed by atoms with Gasteiger partial charge in [-0.25, -0.2) is 8.78 Å². The molecule has 0 aliphatic rings. The van der Waals surface area contributed by atoms with Crippen LogP contribution in [0.15, 0.2) is 34.5 Å². The normalized spacial score (nSPS) is 11.3. The van der Waals surface area contributed by atoms with Gasteiger partial charge in [-0.15, -0.1) is 5.11 Å². The highest BCUT2D eigenvalue weighted by Gasteiger charge is 2.27. The number of halogens is 4. The Hall–Kier alpha value is -2.44. The number of unbranched alkanes of at least 4 members (excludes halogenated alkanes) is 3. The second-order valence-corrected chi connectivity index (χ2v) is 5.88. The lowest BCUT2D eigenvalue weighted by molar-refractivity contribution is 0.264. The van der Waals surface area contributed by atoms with Crippen molar-refractivity contribution in [3.63, 3.8) is 0 Å². The zero-order valence-electron chi connectivity index (χ0n) is 14.7. The number of nitrogens with zero attached hydrogens (tertiary/aromatic N) is 2. The van der Waals surface area contributed by atoms with E-state index < -0.39 is 34.7 Å². The largest absolute Gasteiger partial charge is 0.487 e. The maximum absolute atomic E-state index is 14.1. The summed E-state index contributed by atoms with van der Waals surface area (Å²) in [5.74, 6) is -7.56. The molecule has 2 rings (SSSR count). The van der Waals surface area contributed by atoms with E-state index in [1.54, 1.807) is 24.3 Å². The van der Waals surface area contributed by atoms with Gasteiger partial charge in [-0.3, -0.25) is 0 Å². The summed E-state index contributed by atoms with van der Waals surface area (Å²) in [4.78, 5) is 0. The van der Waals surface area contributed by atoms with Crippen molar-refractivity contribution in [3.8, 4) is 5.75 Å². The molecule has 3 nitrogen and oxygen atoms in total. The SMILES string of the molecule is CCCCCCOc1c(F)c(F)c(/N=N/c2ccc(C)cc2)c(F)c1F. The van der Waals surface area contributed by atoms with Crippen LogP contribution < -0.4 is 4.74 Å². The van der Waals surface area contributed by atoms with Crippen LogP contribution in [0.1, 0.15) is 38.2 Å². The topological polar surface area (TPSA) is 34.0 Å². The van der Waals surface area contributed by atoms with Crippen LogP contribution in [0.25, 0.3) is 0 Å². The van der Waals surface area contributed by atoms with E-state index in [9.17, 15) is 17.6 Å². The van der Waals surface area contributed by atoms with Crippen LogP contribution in [0.5, 0.6) is 5.75 Å². The van der Waals surface area contributed by atoms with Gasteiger partial charge >= 0.3 is 0 Å². The molecule has 0 unspecified atom stereocenters. The molecule has 0 atom stereocenters. The highest BCUT2D eigenvalue weighted by molar-refractivity contribution is 5.48. The van der Waals surface area contributed by atoms with Gasteiger partial charge < -0.3 is 4.74 Å². The summed E-state index contributed by atoms with van der Waals surface area (Å²) in [6, 6.07) is 6.57. The van der Waals surface area contributed by atoms with E-state index in [-0.39, 0.29) is 6.61 Å². The summed E-state index contributed by atoms with van der Waals surface area (Å²) < 4.78 is 61.2. The van der Waals surface area contributed by atoms with Gasteiger partial charge in [0.25, 0.3) is 0 Å². The standard InChI is InChI=1S/C19H20F4N2O/c1-3-4-5-6-11-26-19-16(22)14(20)18(15(21)17(19)23)25-24-13-9-7-12(2)8-10-13/h7-10H,3-6,11H2,1-2H3/b25-24+. The molecule has 2 aromatic carbocycles. The number of aryl methyl sites for hydroxylation is 1. The van der Waals surface area contributed by atoms with Crippen molar-refractivity contribution in [3.05, 3.63) is 53.1 Å². The minimum atomic E-state index is -1.64. The molecule has 0 heterocycles. The number of hydrogen-bond donors (Lipinski definition) is 0. The van der Waals surface area contributed by atoms with Crippen molar-refractivity contribution in [2.75, 3.05) is 6.61 Å². The van der Waals surface area contributed by atoms with Gasteiger partial charge in [-0.05, 0) is 25.5 Å². The van der Waals surface area contributed by atoms with Gasteiger partial charge in [-0.2, -0.15) is 13.9 Å². The average molecular weight is 368 g/mol.